The maximum atomic E-state index is 11.9. The molecule has 130 valence electrons. The van der Waals surface area contributed by atoms with Gasteiger partial charge in [-0.15, -0.1) is 0 Å². The lowest BCUT2D eigenvalue weighted by atomic mass is 10.1. The lowest BCUT2D eigenvalue weighted by Crippen LogP contribution is -2.33. The summed E-state index contributed by atoms with van der Waals surface area (Å²) in [4.78, 5) is 17.3. The van der Waals surface area contributed by atoms with Crippen LogP contribution in [-0.2, 0) is 16.0 Å². The molecule has 1 fully saturated rings. The Bertz CT molecular complexity index is 690. The number of aromatic nitrogens is 1. The van der Waals surface area contributed by atoms with Crippen molar-refractivity contribution in [3.8, 4) is 5.75 Å². The second kappa shape index (κ2) is 7.68. The van der Waals surface area contributed by atoms with Crippen LogP contribution in [0, 0.1) is 0 Å². The van der Waals surface area contributed by atoms with E-state index in [4.69, 9.17) is 9.47 Å². The van der Waals surface area contributed by atoms with Crippen LogP contribution in [0.4, 0.5) is 0 Å². The van der Waals surface area contributed by atoms with Gasteiger partial charge in [-0.2, -0.15) is 0 Å². The van der Waals surface area contributed by atoms with E-state index in [1.165, 1.54) is 5.56 Å². The van der Waals surface area contributed by atoms with Gasteiger partial charge in [0.2, 0.25) is 6.79 Å². The molecule has 0 spiro atoms. The summed E-state index contributed by atoms with van der Waals surface area (Å²) in [5.41, 5.74) is 2.24. The van der Waals surface area contributed by atoms with Crippen molar-refractivity contribution in [1.82, 2.24) is 15.2 Å². The third kappa shape index (κ3) is 3.88. The van der Waals surface area contributed by atoms with E-state index in [1.54, 1.807) is 0 Å². The van der Waals surface area contributed by atoms with Crippen molar-refractivity contribution in [1.29, 1.82) is 0 Å². The van der Waals surface area contributed by atoms with Gasteiger partial charge in [0, 0.05) is 23.6 Å². The van der Waals surface area contributed by atoms with Crippen molar-refractivity contribution >= 4 is 16.9 Å². The quantitative estimate of drug-likeness (QED) is 0.599. The van der Waals surface area contributed by atoms with E-state index in [9.17, 15) is 4.79 Å². The third-order valence-corrected chi connectivity index (χ3v) is 4.34. The van der Waals surface area contributed by atoms with Crippen LogP contribution >= 0.6 is 0 Å². The molecule has 2 heterocycles. The fourth-order valence-electron chi connectivity index (χ4n) is 3.02. The first-order valence-corrected chi connectivity index (χ1v) is 8.41. The molecule has 0 radical (unpaired) electrons. The summed E-state index contributed by atoms with van der Waals surface area (Å²) in [6.07, 6.45) is 4.80. The summed E-state index contributed by atoms with van der Waals surface area (Å²) in [6.45, 7) is 1.77. The molecule has 2 aromatic rings. The van der Waals surface area contributed by atoms with Crippen LogP contribution in [0.3, 0.4) is 0 Å². The highest BCUT2D eigenvalue weighted by atomic mass is 16.7. The van der Waals surface area contributed by atoms with Gasteiger partial charge in [-0.3, -0.25) is 4.79 Å². The van der Waals surface area contributed by atoms with Gasteiger partial charge in [0.25, 0.3) is 0 Å². The maximum Gasteiger partial charge on any atom is 0.326 e. The van der Waals surface area contributed by atoms with Crippen molar-refractivity contribution in [3.05, 3.63) is 30.0 Å². The molecule has 0 amide bonds. The molecule has 1 aromatic heterocycles. The second-order valence-electron chi connectivity index (χ2n) is 6.42. The number of aromatic amines is 1. The summed E-state index contributed by atoms with van der Waals surface area (Å²) in [7, 11) is 4.12. The van der Waals surface area contributed by atoms with Gasteiger partial charge in [-0.25, -0.2) is 0 Å². The fourth-order valence-corrected chi connectivity index (χ4v) is 3.02. The molecule has 2 N–H and O–H groups in total. The van der Waals surface area contributed by atoms with E-state index in [0.717, 1.165) is 49.0 Å². The summed E-state index contributed by atoms with van der Waals surface area (Å²) >= 11 is 0. The Hall–Kier alpha value is -2.05. The molecule has 1 aromatic carbocycles. The molecule has 1 aliphatic heterocycles. The second-order valence-corrected chi connectivity index (χ2v) is 6.42. The lowest BCUT2D eigenvalue weighted by molar-refractivity contribution is -0.152. The average Bonchev–Trinajstić information content (AvgIpc) is 3.23. The molecule has 0 saturated carbocycles. The van der Waals surface area contributed by atoms with Gasteiger partial charge in [0.05, 0.1) is 0 Å². The number of hydrogen-bond donors (Lipinski definition) is 2. The molecule has 3 rings (SSSR count). The standard InChI is InChI=1S/C18H25N3O3/c1-21(2)10-8-13-11-20-14-5-3-7-16(17(13)14)23-12-24-18(22)15-6-4-9-19-15/h3,5,7,11,15,19-20H,4,6,8-10,12H2,1-2H3/t15-/m0/s1. The fraction of sp³-hybridized carbons (Fsp3) is 0.500. The van der Waals surface area contributed by atoms with E-state index >= 15 is 0 Å². The molecule has 0 bridgehead atoms. The number of carbonyl (C=O) groups is 1. The normalized spacial score (nSPS) is 17.5. The van der Waals surface area contributed by atoms with Crippen LogP contribution < -0.4 is 10.1 Å². The molecule has 1 atom stereocenters. The van der Waals surface area contributed by atoms with Crippen LogP contribution in [-0.4, -0.2) is 55.9 Å². The highest BCUT2D eigenvalue weighted by Gasteiger charge is 2.23. The molecule has 1 aliphatic rings. The third-order valence-electron chi connectivity index (χ3n) is 4.34. The van der Waals surface area contributed by atoms with Gasteiger partial charge in [0.1, 0.15) is 11.8 Å². The smallest absolute Gasteiger partial charge is 0.326 e. The van der Waals surface area contributed by atoms with E-state index in [1.807, 2.05) is 24.4 Å². The molecule has 1 saturated heterocycles. The Balaban J connectivity index is 1.65. The van der Waals surface area contributed by atoms with Crippen molar-refractivity contribution < 1.29 is 14.3 Å². The number of H-pyrrole nitrogens is 1. The monoisotopic (exact) mass is 331 g/mol. The van der Waals surface area contributed by atoms with Crippen LogP contribution in [0.1, 0.15) is 18.4 Å². The SMILES string of the molecule is CN(C)CCc1c[nH]c2cccc(OCOC(=O)[C@@H]3CCCN3)c12. The Morgan fingerprint density at radius 1 is 1.38 bits per heavy atom. The summed E-state index contributed by atoms with van der Waals surface area (Å²) in [5, 5.41) is 4.19. The predicted octanol–water partition coefficient (Wildman–Crippen LogP) is 1.90. The largest absolute Gasteiger partial charge is 0.457 e. The first-order chi connectivity index (χ1) is 11.6. The zero-order valence-electron chi connectivity index (χ0n) is 14.3. The highest BCUT2D eigenvalue weighted by Crippen LogP contribution is 2.29. The Morgan fingerprint density at radius 3 is 3.00 bits per heavy atom. The minimum Gasteiger partial charge on any atom is -0.457 e. The first-order valence-electron chi connectivity index (χ1n) is 8.41. The van der Waals surface area contributed by atoms with Gasteiger partial charge >= 0.3 is 5.97 Å². The molecular weight excluding hydrogens is 306 g/mol. The lowest BCUT2D eigenvalue weighted by Gasteiger charge is -2.13. The first kappa shape index (κ1) is 16.8. The molecule has 0 unspecified atom stereocenters. The Labute approximate surface area is 142 Å². The van der Waals surface area contributed by atoms with Gasteiger partial charge in [-0.05, 0) is 57.6 Å². The number of fused-ring (bicyclic) bond motifs is 1. The number of nitrogens with one attached hydrogen (secondary N) is 2. The molecular formula is C18H25N3O3. The van der Waals surface area contributed by atoms with Gasteiger partial charge < -0.3 is 24.7 Å². The summed E-state index contributed by atoms with van der Waals surface area (Å²) in [5.74, 6) is 0.510. The van der Waals surface area contributed by atoms with Crippen molar-refractivity contribution in [2.75, 3.05) is 34.0 Å². The maximum absolute atomic E-state index is 11.9. The van der Waals surface area contributed by atoms with Gasteiger partial charge in [-0.1, -0.05) is 6.07 Å². The van der Waals surface area contributed by atoms with Crippen molar-refractivity contribution in [3.63, 3.8) is 0 Å². The van der Waals surface area contributed by atoms with Crippen LogP contribution in [0.5, 0.6) is 5.75 Å². The van der Waals surface area contributed by atoms with Crippen molar-refractivity contribution in [2.24, 2.45) is 0 Å². The number of nitrogens with zero attached hydrogens (tertiary/aromatic N) is 1. The van der Waals surface area contributed by atoms with Crippen LogP contribution in [0.2, 0.25) is 0 Å². The predicted molar refractivity (Wildman–Crippen MR) is 93.2 cm³/mol. The van der Waals surface area contributed by atoms with Crippen LogP contribution in [0.15, 0.2) is 24.4 Å². The van der Waals surface area contributed by atoms with E-state index in [2.05, 4.69) is 29.3 Å². The van der Waals surface area contributed by atoms with Gasteiger partial charge in [0.15, 0.2) is 0 Å². The van der Waals surface area contributed by atoms with Crippen LogP contribution in [0.25, 0.3) is 10.9 Å². The number of carbonyl (C=O) groups excluding carboxylic acids is 1. The number of likely N-dealkylation sites (N-methyl/N-ethyl adjacent to an activating group) is 1. The summed E-state index contributed by atoms with van der Waals surface area (Å²) < 4.78 is 11.0. The molecule has 6 heteroatoms. The zero-order valence-corrected chi connectivity index (χ0v) is 14.3. The van der Waals surface area contributed by atoms with E-state index in [-0.39, 0.29) is 18.8 Å². The minimum atomic E-state index is -0.235. The Kier molecular flexibility index (Phi) is 5.37. The molecule has 6 nitrogen and oxygen atoms in total. The topological polar surface area (TPSA) is 66.6 Å². The number of ether oxygens (including phenoxy) is 2. The number of hydrogen-bond acceptors (Lipinski definition) is 5. The Morgan fingerprint density at radius 2 is 2.25 bits per heavy atom. The molecule has 0 aliphatic carbocycles. The van der Waals surface area contributed by atoms with E-state index < -0.39 is 0 Å². The molecule has 24 heavy (non-hydrogen) atoms. The minimum absolute atomic E-state index is 0.0611. The number of benzene rings is 1. The zero-order chi connectivity index (χ0) is 16.9. The van der Waals surface area contributed by atoms with Crippen molar-refractivity contribution in [2.45, 2.75) is 25.3 Å². The summed E-state index contributed by atoms with van der Waals surface area (Å²) in [6, 6.07) is 5.68. The average molecular weight is 331 g/mol. The number of rotatable bonds is 7. The highest BCUT2D eigenvalue weighted by molar-refractivity contribution is 5.89. The number of esters is 1. The van der Waals surface area contributed by atoms with E-state index in [0.29, 0.717) is 0 Å².